The van der Waals surface area contributed by atoms with Gasteiger partial charge in [0.15, 0.2) is 0 Å². The molecule has 1 aromatic heterocycles. The molecule has 1 aromatic rings. The van der Waals surface area contributed by atoms with Crippen LogP contribution in [-0.4, -0.2) is 27.1 Å². The van der Waals surface area contributed by atoms with E-state index in [4.69, 9.17) is 0 Å². The molecule has 1 saturated carbocycles. The Kier molecular flexibility index (Phi) is 3.71. The zero-order valence-electron chi connectivity index (χ0n) is 10.2. The molecule has 0 spiro atoms. The summed E-state index contributed by atoms with van der Waals surface area (Å²) in [4.78, 5) is 24.9. The molecule has 7 nitrogen and oxygen atoms in total. The zero-order valence-corrected chi connectivity index (χ0v) is 10.2. The van der Waals surface area contributed by atoms with Crippen molar-refractivity contribution in [3.63, 3.8) is 0 Å². The van der Waals surface area contributed by atoms with E-state index in [1.54, 1.807) is 0 Å². The van der Waals surface area contributed by atoms with Gasteiger partial charge in [-0.15, -0.1) is 0 Å². The zero-order chi connectivity index (χ0) is 13.1. The van der Waals surface area contributed by atoms with Crippen LogP contribution in [0.1, 0.15) is 19.8 Å². The van der Waals surface area contributed by atoms with E-state index in [9.17, 15) is 14.9 Å². The van der Waals surface area contributed by atoms with Gasteiger partial charge in [0.05, 0.1) is 11.1 Å². The van der Waals surface area contributed by atoms with Crippen molar-refractivity contribution in [1.82, 2.24) is 14.9 Å². The van der Waals surface area contributed by atoms with Gasteiger partial charge in [-0.05, 0) is 25.7 Å². The third-order valence-corrected chi connectivity index (χ3v) is 3.20. The van der Waals surface area contributed by atoms with Gasteiger partial charge in [0, 0.05) is 19.1 Å². The van der Waals surface area contributed by atoms with Gasteiger partial charge >= 0.3 is 11.4 Å². The predicted octanol–water partition coefficient (Wildman–Crippen LogP) is 0.540. The second kappa shape index (κ2) is 5.26. The summed E-state index contributed by atoms with van der Waals surface area (Å²) >= 11 is 0. The van der Waals surface area contributed by atoms with Crippen molar-refractivity contribution in [3.05, 3.63) is 33.0 Å². The Hall–Kier alpha value is -1.76. The number of nitrogens with one attached hydrogen (secondary N) is 1. The molecule has 1 unspecified atom stereocenters. The minimum Gasteiger partial charge on any atom is -0.312 e. The third-order valence-electron chi connectivity index (χ3n) is 3.20. The van der Waals surface area contributed by atoms with E-state index in [1.165, 1.54) is 23.6 Å². The molecular formula is C11H16N4O3. The Bertz CT molecular complexity index is 495. The fraction of sp³-hybridized carbons (Fsp3) is 0.636. The topological polar surface area (TPSA) is 90.1 Å². The second-order valence-corrected chi connectivity index (χ2v) is 4.63. The monoisotopic (exact) mass is 252 g/mol. The molecule has 0 amide bonds. The number of aromatic nitrogens is 2. The molecule has 1 aliphatic rings. The third kappa shape index (κ3) is 3.13. The van der Waals surface area contributed by atoms with Crippen molar-refractivity contribution in [2.75, 3.05) is 6.54 Å². The van der Waals surface area contributed by atoms with Crippen molar-refractivity contribution >= 4 is 5.69 Å². The molecule has 1 heterocycles. The van der Waals surface area contributed by atoms with Crippen LogP contribution in [0.4, 0.5) is 5.69 Å². The number of hydrogen-bond acceptors (Lipinski definition) is 5. The summed E-state index contributed by atoms with van der Waals surface area (Å²) < 4.78 is 1.27. The summed E-state index contributed by atoms with van der Waals surface area (Å²) in [6, 6.07) is 0.437. The van der Waals surface area contributed by atoms with Gasteiger partial charge in [-0.3, -0.25) is 14.7 Å². The van der Waals surface area contributed by atoms with Crippen LogP contribution >= 0.6 is 0 Å². The predicted molar refractivity (Wildman–Crippen MR) is 65.3 cm³/mol. The fourth-order valence-corrected chi connectivity index (χ4v) is 1.87. The van der Waals surface area contributed by atoms with Gasteiger partial charge in [0.25, 0.3) is 0 Å². The molecular weight excluding hydrogens is 236 g/mol. The number of nitrogens with zero attached hydrogens (tertiary/aromatic N) is 3. The average Bonchev–Trinajstić information content (AvgIpc) is 3.15. The maximum Gasteiger partial charge on any atom is 0.348 e. The summed E-state index contributed by atoms with van der Waals surface area (Å²) in [5.74, 6) is 0.741. The molecule has 1 fully saturated rings. The van der Waals surface area contributed by atoms with Crippen LogP contribution in [0.5, 0.6) is 0 Å². The van der Waals surface area contributed by atoms with Crippen molar-refractivity contribution in [1.29, 1.82) is 0 Å². The quantitative estimate of drug-likeness (QED) is 0.589. The largest absolute Gasteiger partial charge is 0.348 e. The first-order valence-corrected chi connectivity index (χ1v) is 6.02. The molecule has 7 heteroatoms. The van der Waals surface area contributed by atoms with Crippen LogP contribution in [0.3, 0.4) is 0 Å². The lowest BCUT2D eigenvalue weighted by molar-refractivity contribution is -0.385. The SMILES string of the molecule is CC(NCCn1cc([N+](=O)[O-])cnc1=O)C1CC1. The van der Waals surface area contributed by atoms with Gasteiger partial charge in [-0.25, -0.2) is 4.79 Å². The lowest BCUT2D eigenvalue weighted by atomic mass is 10.2. The molecule has 0 radical (unpaired) electrons. The Morgan fingerprint density at radius 3 is 3.00 bits per heavy atom. The minimum absolute atomic E-state index is 0.162. The molecule has 1 aliphatic carbocycles. The van der Waals surface area contributed by atoms with E-state index in [1.807, 2.05) is 0 Å². The highest BCUT2D eigenvalue weighted by molar-refractivity contribution is 5.20. The second-order valence-electron chi connectivity index (χ2n) is 4.63. The van der Waals surface area contributed by atoms with E-state index in [2.05, 4.69) is 17.2 Å². The van der Waals surface area contributed by atoms with Crippen molar-refractivity contribution < 1.29 is 4.92 Å². The first-order valence-electron chi connectivity index (χ1n) is 6.02. The van der Waals surface area contributed by atoms with Gasteiger partial charge in [-0.2, -0.15) is 4.98 Å². The van der Waals surface area contributed by atoms with Crippen LogP contribution in [0, 0.1) is 16.0 Å². The van der Waals surface area contributed by atoms with Gasteiger partial charge in [0.1, 0.15) is 6.20 Å². The van der Waals surface area contributed by atoms with Gasteiger partial charge in [-0.1, -0.05) is 0 Å². The highest BCUT2D eigenvalue weighted by Gasteiger charge is 2.27. The molecule has 18 heavy (non-hydrogen) atoms. The lowest BCUT2D eigenvalue weighted by Gasteiger charge is -2.12. The number of nitro groups is 1. The summed E-state index contributed by atoms with van der Waals surface area (Å²) in [5.41, 5.74) is -0.619. The van der Waals surface area contributed by atoms with Crippen molar-refractivity contribution in [3.8, 4) is 0 Å². The van der Waals surface area contributed by atoms with E-state index >= 15 is 0 Å². The lowest BCUT2D eigenvalue weighted by Crippen LogP contribution is -2.33. The highest BCUT2D eigenvalue weighted by atomic mass is 16.6. The Morgan fingerprint density at radius 1 is 1.67 bits per heavy atom. The van der Waals surface area contributed by atoms with Crippen LogP contribution < -0.4 is 11.0 Å². The first kappa shape index (κ1) is 12.7. The van der Waals surface area contributed by atoms with Crippen LogP contribution in [-0.2, 0) is 6.54 Å². The van der Waals surface area contributed by atoms with Gasteiger partial charge in [0.2, 0.25) is 0 Å². The summed E-state index contributed by atoms with van der Waals surface area (Å²) in [7, 11) is 0. The number of hydrogen-bond donors (Lipinski definition) is 1. The normalized spacial score (nSPS) is 16.5. The van der Waals surface area contributed by atoms with E-state index in [0.717, 1.165) is 12.1 Å². The molecule has 1 atom stereocenters. The Labute approximate surface area is 104 Å². The maximum absolute atomic E-state index is 11.4. The summed E-state index contributed by atoms with van der Waals surface area (Å²) in [6.45, 7) is 3.12. The summed E-state index contributed by atoms with van der Waals surface area (Å²) in [6.07, 6.45) is 4.73. The Balaban J connectivity index is 1.93. The maximum atomic E-state index is 11.4. The Morgan fingerprint density at radius 2 is 2.39 bits per heavy atom. The van der Waals surface area contributed by atoms with Crippen molar-refractivity contribution in [2.45, 2.75) is 32.4 Å². The molecule has 0 aliphatic heterocycles. The molecule has 0 bridgehead atoms. The highest BCUT2D eigenvalue weighted by Crippen LogP contribution is 2.32. The molecule has 98 valence electrons. The molecule has 2 rings (SSSR count). The standard InChI is InChI=1S/C11H16N4O3/c1-8(9-2-3-9)12-4-5-14-7-10(15(17)18)6-13-11(14)16/h6-9,12H,2-5H2,1H3. The van der Waals surface area contributed by atoms with Crippen molar-refractivity contribution in [2.24, 2.45) is 5.92 Å². The van der Waals surface area contributed by atoms with E-state index in [-0.39, 0.29) is 5.69 Å². The minimum atomic E-state index is -0.552. The van der Waals surface area contributed by atoms with Gasteiger partial charge < -0.3 is 5.32 Å². The average molecular weight is 252 g/mol. The molecule has 1 N–H and O–H groups in total. The molecule has 0 saturated heterocycles. The number of rotatable bonds is 6. The van der Waals surface area contributed by atoms with Crippen LogP contribution in [0.2, 0.25) is 0 Å². The fourth-order valence-electron chi connectivity index (χ4n) is 1.87. The van der Waals surface area contributed by atoms with Crippen LogP contribution in [0.15, 0.2) is 17.2 Å². The molecule has 0 aromatic carbocycles. The van der Waals surface area contributed by atoms with Crippen LogP contribution in [0.25, 0.3) is 0 Å². The van der Waals surface area contributed by atoms with E-state index < -0.39 is 10.6 Å². The first-order chi connectivity index (χ1) is 8.58. The summed E-state index contributed by atoms with van der Waals surface area (Å²) in [5, 5.41) is 13.9. The smallest absolute Gasteiger partial charge is 0.312 e. The van der Waals surface area contributed by atoms with E-state index in [0.29, 0.717) is 19.1 Å².